The van der Waals surface area contributed by atoms with E-state index in [1.54, 1.807) is 11.9 Å². The van der Waals surface area contributed by atoms with Crippen LogP contribution >= 0.6 is 0 Å². The van der Waals surface area contributed by atoms with E-state index in [0.717, 1.165) is 0 Å². The van der Waals surface area contributed by atoms with Gasteiger partial charge in [-0.2, -0.15) is 0 Å². The van der Waals surface area contributed by atoms with Gasteiger partial charge in [0.15, 0.2) is 0 Å². The zero-order valence-corrected chi connectivity index (χ0v) is 7.08. The van der Waals surface area contributed by atoms with Crippen LogP contribution in [0.15, 0.2) is 0 Å². The Labute approximate surface area is 67.0 Å². The summed E-state index contributed by atoms with van der Waals surface area (Å²) in [5, 5.41) is 8.46. The summed E-state index contributed by atoms with van der Waals surface area (Å²) in [5.74, 6) is -0.0644. The minimum Gasteiger partial charge on any atom is -0.396 e. The highest BCUT2D eigenvalue weighted by Crippen LogP contribution is 1.96. The molecule has 0 saturated carbocycles. The van der Waals surface area contributed by atoms with Gasteiger partial charge in [-0.3, -0.25) is 4.79 Å². The number of nitrogens with two attached hydrogens (primary N) is 1. The van der Waals surface area contributed by atoms with E-state index in [2.05, 4.69) is 0 Å². The van der Waals surface area contributed by atoms with Crippen molar-refractivity contribution >= 4 is 5.91 Å². The molecule has 0 aromatic rings. The van der Waals surface area contributed by atoms with Gasteiger partial charge in [0.25, 0.3) is 0 Å². The van der Waals surface area contributed by atoms with Gasteiger partial charge >= 0.3 is 0 Å². The van der Waals surface area contributed by atoms with E-state index in [4.69, 9.17) is 10.8 Å². The second-order valence-electron chi connectivity index (χ2n) is 2.56. The summed E-state index contributed by atoms with van der Waals surface area (Å²) in [6.45, 7) is 2.23. The van der Waals surface area contributed by atoms with Crippen molar-refractivity contribution in [2.45, 2.75) is 19.4 Å². The fraction of sp³-hybridized carbons (Fsp3) is 0.857. The first-order chi connectivity index (χ1) is 5.13. The number of hydrogen-bond acceptors (Lipinski definition) is 3. The lowest BCUT2D eigenvalue weighted by Crippen LogP contribution is -2.39. The Kier molecular flexibility index (Phi) is 4.81. The predicted octanol–water partition coefficient (Wildman–Crippen LogP) is -0.826. The maximum absolute atomic E-state index is 11.1. The van der Waals surface area contributed by atoms with Crippen molar-refractivity contribution in [3.05, 3.63) is 0 Å². The molecule has 0 aromatic heterocycles. The average molecular weight is 160 g/mol. The SMILES string of the molecule is CC(CN)N(C)C(=O)CCO. The highest BCUT2D eigenvalue weighted by molar-refractivity contribution is 5.76. The van der Waals surface area contributed by atoms with Gasteiger partial charge in [0, 0.05) is 26.1 Å². The Morgan fingerprint density at radius 2 is 2.27 bits per heavy atom. The molecule has 0 aliphatic rings. The molecule has 0 aromatic carbocycles. The van der Waals surface area contributed by atoms with E-state index < -0.39 is 0 Å². The van der Waals surface area contributed by atoms with Crippen LogP contribution in [0.1, 0.15) is 13.3 Å². The summed E-state index contributed by atoms with van der Waals surface area (Å²) in [7, 11) is 1.69. The minimum absolute atomic E-state index is 0.0500. The number of likely N-dealkylation sites (N-methyl/N-ethyl adjacent to an activating group) is 1. The zero-order chi connectivity index (χ0) is 8.85. The number of aliphatic hydroxyl groups excluding tert-OH is 1. The molecule has 1 amide bonds. The van der Waals surface area contributed by atoms with Crippen molar-refractivity contribution in [1.29, 1.82) is 0 Å². The Morgan fingerprint density at radius 3 is 2.64 bits per heavy atom. The van der Waals surface area contributed by atoms with Crippen molar-refractivity contribution in [2.24, 2.45) is 5.73 Å². The van der Waals surface area contributed by atoms with Gasteiger partial charge < -0.3 is 15.7 Å². The first-order valence-electron chi connectivity index (χ1n) is 3.70. The molecule has 0 rings (SSSR count). The first kappa shape index (κ1) is 10.4. The summed E-state index contributed by atoms with van der Waals surface area (Å²) >= 11 is 0. The third kappa shape index (κ3) is 3.34. The maximum Gasteiger partial charge on any atom is 0.224 e. The van der Waals surface area contributed by atoms with E-state index in [1.807, 2.05) is 6.92 Å². The van der Waals surface area contributed by atoms with Gasteiger partial charge in [-0.1, -0.05) is 0 Å². The summed E-state index contributed by atoms with van der Waals surface area (Å²) in [5.41, 5.74) is 5.35. The molecular weight excluding hydrogens is 144 g/mol. The predicted molar refractivity (Wildman–Crippen MR) is 43.0 cm³/mol. The molecule has 1 unspecified atom stereocenters. The molecule has 1 atom stereocenters. The van der Waals surface area contributed by atoms with Crippen LogP contribution < -0.4 is 5.73 Å². The fourth-order valence-corrected chi connectivity index (χ4v) is 0.676. The van der Waals surface area contributed by atoms with Crippen LogP contribution in [-0.2, 0) is 4.79 Å². The number of nitrogens with zero attached hydrogens (tertiary/aromatic N) is 1. The molecule has 0 fully saturated rings. The quantitative estimate of drug-likeness (QED) is 0.564. The molecule has 4 heteroatoms. The number of aliphatic hydroxyl groups is 1. The number of amides is 1. The molecular formula is C7H16N2O2. The number of carbonyl (C=O) groups is 1. The monoisotopic (exact) mass is 160 g/mol. The molecule has 0 bridgehead atoms. The van der Waals surface area contributed by atoms with Crippen molar-refractivity contribution in [3.63, 3.8) is 0 Å². The summed E-state index contributed by atoms with van der Waals surface area (Å²) in [6, 6.07) is 0.0500. The summed E-state index contributed by atoms with van der Waals surface area (Å²) in [4.78, 5) is 12.6. The van der Waals surface area contributed by atoms with Crippen LogP contribution in [0.3, 0.4) is 0 Å². The molecule has 0 spiro atoms. The molecule has 11 heavy (non-hydrogen) atoms. The van der Waals surface area contributed by atoms with Crippen molar-refractivity contribution < 1.29 is 9.90 Å². The third-order valence-corrected chi connectivity index (χ3v) is 1.72. The van der Waals surface area contributed by atoms with Gasteiger partial charge in [0.05, 0.1) is 6.61 Å². The van der Waals surface area contributed by atoms with Gasteiger partial charge in [0.1, 0.15) is 0 Å². The molecule has 0 saturated heterocycles. The van der Waals surface area contributed by atoms with Crippen molar-refractivity contribution in [2.75, 3.05) is 20.2 Å². The second-order valence-corrected chi connectivity index (χ2v) is 2.56. The highest BCUT2D eigenvalue weighted by atomic mass is 16.3. The van der Waals surface area contributed by atoms with Crippen molar-refractivity contribution in [1.82, 2.24) is 4.90 Å². The molecule has 0 heterocycles. The molecule has 0 radical (unpaired) electrons. The third-order valence-electron chi connectivity index (χ3n) is 1.72. The van der Waals surface area contributed by atoms with Gasteiger partial charge in [0.2, 0.25) is 5.91 Å². The van der Waals surface area contributed by atoms with Gasteiger partial charge in [-0.15, -0.1) is 0 Å². The van der Waals surface area contributed by atoms with E-state index in [0.29, 0.717) is 6.54 Å². The minimum atomic E-state index is -0.0968. The van der Waals surface area contributed by atoms with Crippen LogP contribution in [0, 0.1) is 0 Å². The first-order valence-corrected chi connectivity index (χ1v) is 3.70. The lowest BCUT2D eigenvalue weighted by atomic mass is 10.3. The van der Waals surface area contributed by atoms with E-state index >= 15 is 0 Å². The topological polar surface area (TPSA) is 66.6 Å². The van der Waals surface area contributed by atoms with Crippen LogP contribution in [0.2, 0.25) is 0 Å². The molecule has 4 nitrogen and oxygen atoms in total. The van der Waals surface area contributed by atoms with Crippen LogP contribution in [0.5, 0.6) is 0 Å². The fourth-order valence-electron chi connectivity index (χ4n) is 0.676. The number of rotatable bonds is 4. The van der Waals surface area contributed by atoms with Gasteiger partial charge in [-0.05, 0) is 6.92 Å². The van der Waals surface area contributed by atoms with Crippen LogP contribution in [-0.4, -0.2) is 42.2 Å². The normalized spacial score (nSPS) is 12.7. The van der Waals surface area contributed by atoms with E-state index in [-0.39, 0.29) is 25.0 Å². The smallest absolute Gasteiger partial charge is 0.224 e. The second kappa shape index (κ2) is 5.09. The Hall–Kier alpha value is -0.610. The maximum atomic E-state index is 11.1. The summed E-state index contributed by atoms with van der Waals surface area (Å²) < 4.78 is 0. The van der Waals surface area contributed by atoms with Crippen LogP contribution in [0.4, 0.5) is 0 Å². The van der Waals surface area contributed by atoms with Crippen LogP contribution in [0.25, 0.3) is 0 Å². The van der Waals surface area contributed by atoms with E-state index in [9.17, 15) is 4.79 Å². The molecule has 3 N–H and O–H groups in total. The number of hydrogen-bond donors (Lipinski definition) is 2. The molecule has 0 aliphatic heterocycles. The molecule has 66 valence electrons. The van der Waals surface area contributed by atoms with Crippen molar-refractivity contribution in [3.8, 4) is 0 Å². The highest BCUT2D eigenvalue weighted by Gasteiger charge is 2.12. The number of carbonyl (C=O) groups excluding carboxylic acids is 1. The van der Waals surface area contributed by atoms with Gasteiger partial charge in [-0.25, -0.2) is 0 Å². The van der Waals surface area contributed by atoms with E-state index in [1.165, 1.54) is 0 Å². The Bertz CT molecular complexity index is 128. The standard InChI is InChI=1S/C7H16N2O2/c1-6(5-8)9(2)7(11)3-4-10/h6,10H,3-5,8H2,1-2H3. The lowest BCUT2D eigenvalue weighted by Gasteiger charge is -2.23. The average Bonchev–Trinajstić information content (AvgIpc) is 2.02. The molecule has 0 aliphatic carbocycles. The lowest BCUT2D eigenvalue weighted by molar-refractivity contribution is -0.132. The summed E-state index contributed by atoms with van der Waals surface area (Å²) in [6.07, 6.45) is 0.181. The Balaban J connectivity index is 3.80. The Morgan fingerprint density at radius 1 is 1.73 bits per heavy atom. The zero-order valence-electron chi connectivity index (χ0n) is 7.08. The largest absolute Gasteiger partial charge is 0.396 e.